The van der Waals surface area contributed by atoms with E-state index in [4.69, 9.17) is 4.52 Å². The summed E-state index contributed by atoms with van der Waals surface area (Å²) in [6.07, 6.45) is 0.803. The van der Waals surface area contributed by atoms with Gasteiger partial charge in [-0.3, -0.25) is 10.1 Å². The zero-order valence-electron chi connectivity index (χ0n) is 15.5. The number of fused-ring (bicyclic) bond motifs is 1. The van der Waals surface area contributed by atoms with E-state index < -0.39 is 0 Å². The normalized spacial score (nSPS) is 11.1. The lowest BCUT2D eigenvalue weighted by molar-refractivity contribution is 0.102. The number of halogens is 1. The molecule has 0 saturated carbocycles. The molecule has 1 N–H and O–H groups in total. The van der Waals surface area contributed by atoms with Crippen molar-refractivity contribution in [2.24, 2.45) is 0 Å². The molecule has 0 radical (unpaired) electrons. The number of benzene rings is 1. The second-order valence-corrected chi connectivity index (χ2v) is 7.54. The maximum Gasteiger partial charge on any atom is 0.259 e. The number of carbonyl (C=O) groups excluding carboxylic acids is 1. The molecule has 0 aliphatic rings. The molecular formula is C20H17FN4O2S. The van der Waals surface area contributed by atoms with Crippen molar-refractivity contribution in [3.8, 4) is 11.3 Å². The Kier molecular flexibility index (Phi) is 4.64. The molecule has 0 unspecified atom stereocenters. The minimum absolute atomic E-state index is 0.258. The molecule has 8 heteroatoms. The Labute approximate surface area is 164 Å². The van der Waals surface area contributed by atoms with Crippen LogP contribution < -0.4 is 5.32 Å². The van der Waals surface area contributed by atoms with E-state index in [0.717, 1.165) is 17.0 Å². The number of thiazole rings is 1. The summed E-state index contributed by atoms with van der Waals surface area (Å²) < 4.78 is 18.5. The average Bonchev–Trinajstić information content (AvgIpc) is 3.23. The molecular weight excluding hydrogens is 379 g/mol. The molecule has 4 aromatic rings. The van der Waals surface area contributed by atoms with Crippen LogP contribution in [0.15, 0.2) is 34.9 Å². The lowest BCUT2D eigenvalue weighted by Gasteiger charge is -2.07. The van der Waals surface area contributed by atoms with E-state index in [0.29, 0.717) is 33.0 Å². The highest BCUT2D eigenvalue weighted by atomic mass is 32.1. The van der Waals surface area contributed by atoms with Gasteiger partial charge in [0.15, 0.2) is 5.13 Å². The van der Waals surface area contributed by atoms with Crippen LogP contribution in [0, 0.1) is 19.7 Å². The van der Waals surface area contributed by atoms with E-state index in [1.54, 1.807) is 25.1 Å². The molecule has 0 aliphatic carbocycles. The number of hydrogen-bond donors (Lipinski definition) is 1. The maximum absolute atomic E-state index is 13.3. The van der Waals surface area contributed by atoms with Gasteiger partial charge in [-0.2, -0.15) is 0 Å². The van der Waals surface area contributed by atoms with Crippen LogP contribution >= 0.6 is 11.3 Å². The van der Waals surface area contributed by atoms with Crippen molar-refractivity contribution in [2.45, 2.75) is 27.2 Å². The fourth-order valence-electron chi connectivity index (χ4n) is 3.02. The van der Waals surface area contributed by atoms with Gasteiger partial charge in [-0.25, -0.2) is 14.4 Å². The fraction of sp³-hybridized carbons (Fsp3) is 0.200. The van der Waals surface area contributed by atoms with Crippen LogP contribution in [0.4, 0.5) is 9.52 Å². The van der Waals surface area contributed by atoms with E-state index in [9.17, 15) is 9.18 Å². The van der Waals surface area contributed by atoms with Crippen molar-refractivity contribution in [3.05, 3.63) is 58.0 Å². The zero-order valence-corrected chi connectivity index (χ0v) is 16.4. The lowest BCUT2D eigenvalue weighted by Crippen LogP contribution is -2.13. The molecule has 142 valence electrons. The van der Waals surface area contributed by atoms with Crippen molar-refractivity contribution >= 4 is 33.5 Å². The highest BCUT2D eigenvalue weighted by Gasteiger charge is 2.20. The summed E-state index contributed by atoms with van der Waals surface area (Å²) in [7, 11) is 0. The van der Waals surface area contributed by atoms with Crippen LogP contribution in [-0.4, -0.2) is 21.0 Å². The SMILES string of the molecule is CCc1nc(NC(=O)c2cc(-c3ccc(F)cc3)nc3onc(C)c23)sc1C. The predicted octanol–water partition coefficient (Wildman–Crippen LogP) is 4.92. The van der Waals surface area contributed by atoms with Crippen molar-refractivity contribution in [2.75, 3.05) is 5.32 Å². The number of hydrogen-bond acceptors (Lipinski definition) is 6. The maximum atomic E-state index is 13.3. The highest BCUT2D eigenvalue weighted by Crippen LogP contribution is 2.29. The third-order valence-corrected chi connectivity index (χ3v) is 5.38. The van der Waals surface area contributed by atoms with Gasteiger partial charge >= 0.3 is 0 Å². The van der Waals surface area contributed by atoms with Crippen LogP contribution in [-0.2, 0) is 6.42 Å². The van der Waals surface area contributed by atoms with Crippen LogP contribution in [0.5, 0.6) is 0 Å². The number of aryl methyl sites for hydroxylation is 3. The molecule has 0 spiro atoms. The Morgan fingerprint density at radius 2 is 1.96 bits per heavy atom. The Balaban J connectivity index is 1.78. The topological polar surface area (TPSA) is 80.9 Å². The highest BCUT2D eigenvalue weighted by molar-refractivity contribution is 7.15. The molecule has 0 saturated heterocycles. The second kappa shape index (κ2) is 7.12. The van der Waals surface area contributed by atoms with Gasteiger partial charge in [0.25, 0.3) is 11.6 Å². The summed E-state index contributed by atoms with van der Waals surface area (Å²) in [5.41, 5.74) is 3.35. The quantitative estimate of drug-likeness (QED) is 0.530. The number of carbonyl (C=O) groups is 1. The van der Waals surface area contributed by atoms with Crippen LogP contribution in [0.25, 0.3) is 22.4 Å². The molecule has 0 aliphatic heterocycles. The number of nitrogens with zero attached hydrogens (tertiary/aromatic N) is 3. The molecule has 0 fully saturated rings. The molecule has 28 heavy (non-hydrogen) atoms. The van der Waals surface area contributed by atoms with E-state index in [1.165, 1.54) is 23.5 Å². The number of nitrogens with one attached hydrogen (secondary N) is 1. The van der Waals surface area contributed by atoms with Gasteiger partial charge in [-0.1, -0.05) is 12.1 Å². The first-order valence-corrected chi connectivity index (χ1v) is 9.58. The number of amides is 1. The number of aromatic nitrogens is 3. The third kappa shape index (κ3) is 3.27. The third-order valence-electron chi connectivity index (χ3n) is 4.45. The largest absolute Gasteiger partial charge is 0.335 e. The lowest BCUT2D eigenvalue weighted by atomic mass is 10.1. The van der Waals surface area contributed by atoms with Gasteiger partial charge in [0.2, 0.25) is 0 Å². The molecule has 4 rings (SSSR count). The van der Waals surface area contributed by atoms with Gasteiger partial charge in [0, 0.05) is 10.4 Å². The fourth-order valence-corrected chi connectivity index (χ4v) is 3.91. The summed E-state index contributed by atoms with van der Waals surface area (Å²) in [5, 5.41) is 7.89. The summed E-state index contributed by atoms with van der Waals surface area (Å²) in [4.78, 5) is 23.0. The van der Waals surface area contributed by atoms with Gasteiger partial charge in [0.1, 0.15) is 5.82 Å². The van der Waals surface area contributed by atoms with E-state index in [2.05, 4.69) is 20.4 Å². The second-order valence-electron chi connectivity index (χ2n) is 6.34. The van der Waals surface area contributed by atoms with Crippen molar-refractivity contribution < 1.29 is 13.7 Å². The number of anilines is 1. The Bertz CT molecular complexity index is 1180. The number of rotatable bonds is 4. The summed E-state index contributed by atoms with van der Waals surface area (Å²) >= 11 is 1.44. The van der Waals surface area contributed by atoms with E-state index >= 15 is 0 Å². The summed E-state index contributed by atoms with van der Waals surface area (Å²) in [6, 6.07) is 7.56. The van der Waals surface area contributed by atoms with Gasteiger partial charge in [-0.05, 0) is 50.6 Å². The molecule has 3 heterocycles. The molecule has 1 amide bonds. The first-order chi connectivity index (χ1) is 13.5. The minimum atomic E-state index is -0.343. The standard InChI is InChI=1S/C20H17FN4O2S/c1-4-15-11(3)28-20(23-15)24-18(26)14-9-16(12-5-7-13(21)8-6-12)22-19-17(14)10(2)25-27-19/h5-9H,4H2,1-3H3,(H,23,24,26). The zero-order chi connectivity index (χ0) is 19.8. The average molecular weight is 396 g/mol. The molecule has 3 aromatic heterocycles. The van der Waals surface area contributed by atoms with Gasteiger partial charge in [-0.15, -0.1) is 11.3 Å². The predicted molar refractivity (Wildman–Crippen MR) is 106 cm³/mol. The first kappa shape index (κ1) is 18.2. The van der Waals surface area contributed by atoms with Gasteiger partial charge < -0.3 is 4.52 Å². The summed E-state index contributed by atoms with van der Waals surface area (Å²) in [6.45, 7) is 5.76. The van der Waals surface area contributed by atoms with Crippen molar-refractivity contribution in [1.29, 1.82) is 0 Å². The van der Waals surface area contributed by atoms with Crippen molar-refractivity contribution in [1.82, 2.24) is 15.1 Å². The Hall–Kier alpha value is -3.13. The first-order valence-electron chi connectivity index (χ1n) is 8.77. The van der Waals surface area contributed by atoms with E-state index in [1.807, 2.05) is 13.8 Å². The van der Waals surface area contributed by atoms with Crippen LogP contribution in [0.3, 0.4) is 0 Å². The van der Waals surface area contributed by atoms with E-state index in [-0.39, 0.29) is 17.4 Å². The Morgan fingerprint density at radius 1 is 1.21 bits per heavy atom. The van der Waals surface area contributed by atoms with Crippen LogP contribution in [0.1, 0.15) is 33.5 Å². The molecule has 1 aromatic carbocycles. The summed E-state index contributed by atoms with van der Waals surface area (Å²) in [5.74, 6) is -0.664. The van der Waals surface area contributed by atoms with Crippen LogP contribution in [0.2, 0.25) is 0 Å². The van der Waals surface area contributed by atoms with Gasteiger partial charge in [0.05, 0.1) is 28.0 Å². The minimum Gasteiger partial charge on any atom is -0.335 e. The molecule has 6 nitrogen and oxygen atoms in total. The number of pyridine rings is 1. The van der Waals surface area contributed by atoms with Crippen molar-refractivity contribution in [3.63, 3.8) is 0 Å². The monoisotopic (exact) mass is 396 g/mol. The molecule has 0 bridgehead atoms. The Morgan fingerprint density at radius 3 is 2.64 bits per heavy atom. The molecule has 0 atom stereocenters. The smallest absolute Gasteiger partial charge is 0.259 e.